The van der Waals surface area contributed by atoms with Crippen LogP contribution in [0.2, 0.25) is 0 Å². The molecular weight excluding hydrogens is 500 g/mol. The van der Waals surface area contributed by atoms with E-state index >= 15 is 0 Å². The van der Waals surface area contributed by atoms with E-state index in [0.29, 0.717) is 39.7 Å². The lowest BCUT2D eigenvalue weighted by atomic mass is 10.0. The van der Waals surface area contributed by atoms with Gasteiger partial charge in [0.05, 0.1) is 11.4 Å². The molecule has 7 N–H and O–H groups in total. The highest BCUT2D eigenvalue weighted by atomic mass is 35.5. The van der Waals surface area contributed by atoms with Gasteiger partial charge in [-0.25, -0.2) is 8.42 Å². The van der Waals surface area contributed by atoms with Gasteiger partial charge in [-0.2, -0.15) is 0 Å². The summed E-state index contributed by atoms with van der Waals surface area (Å²) in [6.45, 7) is 0.302. The molecule has 0 spiro atoms. The Balaban J connectivity index is 0.00000228. The van der Waals surface area contributed by atoms with Gasteiger partial charge in [0.25, 0.3) is 5.91 Å². The summed E-state index contributed by atoms with van der Waals surface area (Å²) in [4.78, 5) is 12.9. The van der Waals surface area contributed by atoms with Gasteiger partial charge in [0.1, 0.15) is 5.84 Å². The van der Waals surface area contributed by atoms with E-state index in [9.17, 15) is 13.2 Å². The van der Waals surface area contributed by atoms with Gasteiger partial charge in [-0.1, -0.05) is 78.9 Å². The number of nitrogen functional groups attached to an aromatic ring is 1. The van der Waals surface area contributed by atoms with Crippen molar-refractivity contribution in [1.82, 2.24) is 5.32 Å². The van der Waals surface area contributed by atoms with E-state index in [1.807, 2.05) is 6.07 Å². The molecule has 0 aromatic heterocycles. The first-order chi connectivity index (χ1) is 16.3. The number of nitrogens with two attached hydrogens (primary N) is 1. The summed E-state index contributed by atoms with van der Waals surface area (Å²) in [6.07, 6.45) is 0. The first kappa shape index (κ1) is 28.3. The zero-order valence-corrected chi connectivity index (χ0v) is 20.8. The van der Waals surface area contributed by atoms with Crippen molar-refractivity contribution >= 4 is 50.6 Å². The van der Waals surface area contributed by atoms with E-state index in [1.165, 1.54) is 0 Å². The topological polar surface area (TPSA) is 157 Å². The van der Waals surface area contributed by atoms with Crippen LogP contribution < -0.4 is 15.8 Å². The standard InChI is InChI=1S/C26H24N4O3S.ClH.H2O/c27-25(28)20-14-12-18(13-15-20)16-29-26(31)23-10-4-9-22-21(23)8-5-11-24(22)30-34(32,33)17-19-6-2-1-3-7-19;;/h1-15,30H,16-17H2,(H3,27,28)(H,29,31);1H;1H2. The van der Waals surface area contributed by atoms with Crippen molar-refractivity contribution < 1.29 is 18.7 Å². The minimum Gasteiger partial charge on any atom is -0.412 e. The molecule has 8 nitrogen and oxygen atoms in total. The molecule has 0 aliphatic carbocycles. The van der Waals surface area contributed by atoms with Crippen molar-refractivity contribution in [3.8, 4) is 0 Å². The Kier molecular flexibility index (Phi) is 9.57. The summed E-state index contributed by atoms with van der Waals surface area (Å²) in [6, 6.07) is 26.4. The Morgan fingerprint density at radius 3 is 2.11 bits per heavy atom. The van der Waals surface area contributed by atoms with Gasteiger partial charge < -0.3 is 16.5 Å². The Bertz CT molecular complexity index is 1460. The SMILES string of the molecule is Cl.N=C(N)c1ccc(CNC(=O)c2cccc3c(NS(=O)(=O)Cc4ccccc4)cccc23)cc1.O. The Labute approximate surface area is 215 Å². The van der Waals surface area contributed by atoms with Crippen LogP contribution in [0.3, 0.4) is 0 Å². The molecule has 10 heteroatoms. The molecule has 0 aliphatic rings. The minimum atomic E-state index is -3.64. The van der Waals surface area contributed by atoms with Gasteiger partial charge in [0.15, 0.2) is 0 Å². The number of carbonyl (C=O) groups is 1. The van der Waals surface area contributed by atoms with Crippen molar-refractivity contribution in [2.45, 2.75) is 12.3 Å². The first-order valence-electron chi connectivity index (χ1n) is 10.6. The number of benzene rings is 4. The van der Waals surface area contributed by atoms with E-state index in [1.54, 1.807) is 84.9 Å². The van der Waals surface area contributed by atoms with E-state index in [-0.39, 0.29) is 35.4 Å². The van der Waals surface area contributed by atoms with E-state index in [4.69, 9.17) is 11.1 Å². The quantitative estimate of drug-likeness (QED) is 0.204. The van der Waals surface area contributed by atoms with Crippen molar-refractivity contribution in [3.05, 3.63) is 113 Å². The summed E-state index contributed by atoms with van der Waals surface area (Å²) in [7, 11) is -3.64. The maximum atomic E-state index is 12.9. The lowest BCUT2D eigenvalue weighted by molar-refractivity contribution is 0.0952. The molecule has 4 aromatic carbocycles. The molecule has 0 radical (unpaired) electrons. The molecule has 0 fully saturated rings. The summed E-state index contributed by atoms with van der Waals surface area (Å²) in [5, 5.41) is 11.6. The second-order valence-corrected chi connectivity index (χ2v) is 9.57. The van der Waals surface area contributed by atoms with Gasteiger partial charge in [-0.05, 0) is 28.6 Å². The number of halogens is 1. The van der Waals surface area contributed by atoms with Crippen molar-refractivity contribution in [2.75, 3.05) is 4.72 Å². The highest BCUT2D eigenvalue weighted by Gasteiger charge is 2.16. The monoisotopic (exact) mass is 526 g/mol. The largest absolute Gasteiger partial charge is 0.412 e. The number of hydrogen-bond acceptors (Lipinski definition) is 4. The molecule has 0 heterocycles. The number of nitrogens with one attached hydrogen (secondary N) is 3. The smallest absolute Gasteiger partial charge is 0.252 e. The third-order valence-electron chi connectivity index (χ3n) is 5.35. The third-order valence-corrected chi connectivity index (χ3v) is 6.59. The van der Waals surface area contributed by atoms with E-state index in [0.717, 1.165) is 5.56 Å². The molecule has 188 valence electrons. The number of fused-ring (bicyclic) bond motifs is 1. The first-order valence-corrected chi connectivity index (χ1v) is 12.3. The fourth-order valence-corrected chi connectivity index (χ4v) is 4.89. The fourth-order valence-electron chi connectivity index (χ4n) is 3.67. The Hall–Kier alpha value is -3.92. The molecule has 4 rings (SSSR count). The van der Waals surface area contributed by atoms with Crippen molar-refractivity contribution in [1.29, 1.82) is 5.41 Å². The number of carbonyl (C=O) groups excluding carboxylic acids is 1. The van der Waals surface area contributed by atoms with E-state index < -0.39 is 10.0 Å². The van der Waals surface area contributed by atoms with Gasteiger partial charge in [-0.15, -0.1) is 12.4 Å². The molecule has 0 saturated heterocycles. The summed E-state index contributed by atoms with van der Waals surface area (Å²) >= 11 is 0. The number of sulfonamides is 1. The Morgan fingerprint density at radius 2 is 1.44 bits per heavy atom. The zero-order valence-electron chi connectivity index (χ0n) is 19.2. The van der Waals surface area contributed by atoms with Crippen LogP contribution in [-0.4, -0.2) is 25.6 Å². The number of rotatable bonds is 8. The van der Waals surface area contributed by atoms with Crippen molar-refractivity contribution in [3.63, 3.8) is 0 Å². The van der Waals surface area contributed by atoms with Crippen LogP contribution in [0, 0.1) is 5.41 Å². The van der Waals surface area contributed by atoms with Crippen LogP contribution in [-0.2, 0) is 22.3 Å². The number of hydrogen-bond donors (Lipinski definition) is 4. The molecule has 4 aromatic rings. The average molecular weight is 527 g/mol. The molecular formula is C26H27ClN4O4S. The molecule has 0 bridgehead atoms. The van der Waals surface area contributed by atoms with Gasteiger partial charge in [0.2, 0.25) is 10.0 Å². The van der Waals surface area contributed by atoms with Gasteiger partial charge in [-0.3, -0.25) is 14.9 Å². The predicted molar refractivity (Wildman–Crippen MR) is 146 cm³/mol. The lowest BCUT2D eigenvalue weighted by Gasteiger charge is -2.13. The maximum Gasteiger partial charge on any atom is 0.252 e. The second-order valence-electron chi connectivity index (χ2n) is 7.85. The van der Waals surface area contributed by atoms with Gasteiger partial charge in [0, 0.05) is 23.1 Å². The number of amidine groups is 1. The van der Waals surface area contributed by atoms with Crippen LogP contribution in [0.5, 0.6) is 0 Å². The number of amides is 1. The van der Waals surface area contributed by atoms with Gasteiger partial charge >= 0.3 is 0 Å². The highest BCUT2D eigenvalue weighted by Crippen LogP contribution is 2.27. The predicted octanol–water partition coefficient (Wildman–Crippen LogP) is 3.59. The van der Waals surface area contributed by atoms with Crippen LogP contribution in [0.1, 0.15) is 27.0 Å². The summed E-state index contributed by atoms with van der Waals surface area (Å²) in [5.41, 5.74) is 8.51. The fraction of sp³-hybridized carbons (Fsp3) is 0.0769. The number of anilines is 1. The molecule has 36 heavy (non-hydrogen) atoms. The van der Waals surface area contributed by atoms with E-state index in [2.05, 4.69) is 10.0 Å². The molecule has 0 saturated carbocycles. The lowest BCUT2D eigenvalue weighted by Crippen LogP contribution is -2.23. The zero-order chi connectivity index (χ0) is 24.1. The average Bonchev–Trinajstić information content (AvgIpc) is 2.83. The summed E-state index contributed by atoms with van der Waals surface area (Å²) in [5.74, 6) is -0.431. The highest BCUT2D eigenvalue weighted by molar-refractivity contribution is 7.91. The van der Waals surface area contributed by atoms with Crippen molar-refractivity contribution in [2.24, 2.45) is 5.73 Å². The minimum absolute atomic E-state index is 0. The normalized spacial score (nSPS) is 10.6. The van der Waals surface area contributed by atoms with Crippen LogP contribution >= 0.6 is 12.4 Å². The van der Waals surface area contributed by atoms with Crippen LogP contribution in [0.15, 0.2) is 91.0 Å². The maximum absolute atomic E-state index is 12.9. The molecule has 0 unspecified atom stereocenters. The second kappa shape index (κ2) is 12.2. The van der Waals surface area contributed by atoms with Crippen LogP contribution in [0.25, 0.3) is 10.8 Å². The molecule has 0 atom stereocenters. The summed E-state index contributed by atoms with van der Waals surface area (Å²) < 4.78 is 28.2. The Morgan fingerprint density at radius 1 is 0.806 bits per heavy atom. The molecule has 1 amide bonds. The third kappa shape index (κ3) is 6.82. The van der Waals surface area contributed by atoms with Crippen LogP contribution in [0.4, 0.5) is 5.69 Å². The molecule has 0 aliphatic heterocycles.